The fourth-order valence-corrected chi connectivity index (χ4v) is 1.49. The Morgan fingerprint density at radius 3 is 2.67 bits per heavy atom. The van der Waals surface area contributed by atoms with Crippen LogP contribution in [0.3, 0.4) is 0 Å². The van der Waals surface area contributed by atoms with Gasteiger partial charge in [-0.15, -0.1) is 11.6 Å². The summed E-state index contributed by atoms with van der Waals surface area (Å²) in [7, 11) is 0. The Hall–Kier alpha value is -0.240. The molecule has 1 unspecified atom stereocenters. The third-order valence-electron chi connectivity index (χ3n) is 1.74. The maximum atomic E-state index is 9.43. The van der Waals surface area contributed by atoms with Crippen molar-refractivity contribution in [3.8, 4) is 0 Å². The van der Waals surface area contributed by atoms with Gasteiger partial charge in [-0.3, -0.25) is 0 Å². The zero-order valence-electron chi connectivity index (χ0n) is 6.72. The van der Waals surface area contributed by atoms with Crippen molar-refractivity contribution in [1.82, 2.24) is 0 Å². The Balaban J connectivity index is 3.01. The normalized spacial score (nSPS) is 13.0. The summed E-state index contributed by atoms with van der Waals surface area (Å²) in [5, 5.41) is 10.1. The summed E-state index contributed by atoms with van der Waals surface area (Å²) in [6.07, 6.45) is -0.594. The second kappa shape index (κ2) is 4.13. The number of aliphatic hydroxyl groups is 1. The van der Waals surface area contributed by atoms with E-state index in [1.807, 2.05) is 13.0 Å². The topological polar surface area (TPSA) is 20.2 Å². The molecule has 12 heavy (non-hydrogen) atoms. The van der Waals surface area contributed by atoms with Gasteiger partial charge in [0.1, 0.15) is 0 Å². The van der Waals surface area contributed by atoms with Gasteiger partial charge in [-0.05, 0) is 30.2 Å². The van der Waals surface area contributed by atoms with Crippen LogP contribution in [0.25, 0.3) is 0 Å². The summed E-state index contributed by atoms with van der Waals surface area (Å²) in [6, 6.07) is 5.36. The van der Waals surface area contributed by atoms with Gasteiger partial charge in [-0.25, -0.2) is 0 Å². The van der Waals surface area contributed by atoms with E-state index in [1.54, 1.807) is 12.1 Å². The third kappa shape index (κ3) is 2.13. The summed E-state index contributed by atoms with van der Waals surface area (Å²) in [5.41, 5.74) is 1.81. The van der Waals surface area contributed by atoms with Gasteiger partial charge in [-0.2, -0.15) is 0 Å². The second-order valence-corrected chi connectivity index (χ2v) is 3.42. The van der Waals surface area contributed by atoms with Crippen LogP contribution in [0, 0.1) is 6.92 Å². The third-order valence-corrected chi connectivity index (χ3v) is 2.26. The van der Waals surface area contributed by atoms with Crippen LogP contribution >= 0.6 is 23.2 Å². The maximum absolute atomic E-state index is 9.43. The van der Waals surface area contributed by atoms with Crippen molar-refractivity contribution in [3.05, 3.63) is 34.3 Å². The molecule has 0 aliphatic heterocycles. The summed E-state index contributed by atoms with van der Waals surface area (Å²) in [6.45, 7) is 1.90. The monoisotopic (exact) mass is 204 g/mol. The standard InChI is InChI=1S/C9H10Cl2O/c1-6-4-7(11)2-3-8(6)9(12)5-10/h2-4,9,12H,5H2,1H3. The number of benzene rings is 1. The molecule has 66 valence electrons. The van der Waals surface area contributed by atoms with Crippen molar-refractivity contribution >= 4 is 23.2 Å². The van der Waals surface area contributed by atoms with Gasteiger partial charge in [-0.1, -0.05) is 17.7 Å². The fourth-order valence-electron chi connectivity index (χ4n) is 1.10. The Morgan fingerprint density at radius 2 is 2.17 bits per heavy atom. The number of aliphatic hydroxyl groups excluding tert-OH is 1. The molecule has 0 saturated heterocycles. The minimum Gasteiger partial charge on any atom is -0.387 e. The van der Waals surface area contributed by atoms with Crippen molar-refractivity contribution in [3.63, 3.8) is 0 Å². The second-order valence-electron chi connectivity index (χ2n) is 2.67. The lowest BCUT2D eigenvalue weighted by Crippen LogP contribution is -2.00. The van der Waals surface area contributed by atoms with Crippen molar-refractivity contribution < 1.29 is 5.11 Å². The predicted molar refractivity (Wildman–Crippen MR) is 51.9 cm³/mol. The van der Waals surface area contributed by atoms with E-state index in [1.165, 1.54) is 0 Å². The summed E-state index contributed by atoms with van der Waals surface area (Å²) in [4.78, 5) is 0. The molecule has 0 bridgehead atoms. The molecule has 0 radical (unpaired) electrons. The summed E-state index contributed by atoms with van der Waals surface area (Å²) < 4.78 is 0. The van der Waals surface area contributed by atoms with Crippen molar-refractivity contribution in [2.45, 2.75) is 13.0 Å². The smallest absolute Gasteiger partial charge is 0.0927 e. The molecule has 1 rings (SSSR count). The zero-order chi connectivity index (χ0) is 9.14. The molecule has 0 aromatic heterocycles. The first-order valence-electron chi connectivity index (χ1n) is 3.65. The van der Waals surface area contributed by atoms with Crippen molar-refractivity contribution in [1.29, 1.82) is 0 Å². The molecule has 1 nitrogen and oxygen atoms in total. The highest BCUT2D eigenvalue weighted by atomic mass is 35.5. The van der Waals surface area contributed by atoms with Gasteiger partial charge in [0.15, 0.2) is 0 Å². The lowest BCUT2D eigenvalue weighted by Gasteiger charge is -2.10. The fraction of sp³-hybridized carbons (Fsp3) is 0.333. The molecular weight excluding hydrogens is 195 g/mol. The van der Waals surface area contributed by atoms with Gasteiger partial charge >= 0.3 is 0 Å². The number of hydrogen-bond acceptors (Lipinski definition) is 1. The van der Waals surface area contributed by atoms with Crippen molar-refractivity contribution in [2.75, 3.05) is 5.88 Å². The summed E-state index contributed by atoms with van der Waals surface area (Å²) >= 11 is 11.3. The number of rotatable bonds is 2. The number of alkyl halides is 1. The van der Waals surface area contributed by atoms with E-state index in [9.17, 15) is 5.11 Å². The first-order valence-corrected chi connectivity index (χ1v) is 4.56. The average molecular weight is 205 g/mol. The Bertz CT molecular complexity index is 273. The molecular formula is C9H10Cl2O. The van der Waals surface area contributed by atoms with Crippen molar-refractivity contribution in [2.24, 2.45) is 0 Å². The highest BCUT2D eigenvalue weighted by molar-refractivity contribution is 6.30. The largest absolute Gasteiger partial charge is 0.387 e. The molecule has 0 saturated carbocycles. The van der Waals surface area contributed by atoms with Crippen LogP contribution in [0.5, 0.6) is 0 Å². The van der Waals surface area contributed by atoms with E-state index in [2.05, 4.69) is 0 Å². The molecule has 3 heteroatoms. The first-order chi connectivity index (χ1) is 5.65. The van der Waals surface area contributed by atoms with Gasteiger partial charge < -0.3 is 5.11 Å². The van der Waals surface area contributed by atoms with E-state index in [4.69, 9.17) is 23.2 Å². The summed E-state index contributed by atoms with van der Waals surface area (Å²) in [5.74, 6) is 0.211. The maximum Gasteiger partial charge on any atom is 0.0927 e. The minimum absolute atomic E-state index is 0.211. The van der Waals surface area contributed by atoms with Gasteiger partial charge in [0, 0.05) is 5.02 Å². The highest BCUT2D eigenvalue weighted by Gasteiger charge is 2.08. The molecule has 0 amide bonds. The Morgan fingerprint density at radius 1 is 1.50 bits per heavy atom. The van der Waals surface area contributed by atoms with Crippen LogP contribution in [0.1, 0.15) is 17.2 Å². The molecule has 1 aromatic rings. The Kier molecular flexibility index (Phi) is 3.39. The van der Waals surface area contributed by atoms with Gasteiger partial charge in [0.2, 0.25) is 0 Å². The number of aryl methyl sites for hydroxylation is 1. The van der Waals surface area contributed by atoms with E-state index >= 15 is 0 Å². The van der Waals surface area contributed by atoms with Crippen LogP contribution in [-0.2, 0) is 0 Å². The molecule has 0 heterocycles. The van der Waals surface area contributed by atoms with Gasteiger partial charge in [0.05, 0.1) is 12.0 Å². The molecule has 0 spiro atoms. The number of hydrogen-bond donors (Lipinski definition) is 1. The molecule has 1 aromatic carbocycles. The Labute approximate surface area is 81.9 Å². The van der Waals surface area contributed by atoms with E-state index < -0.39 is 6.10 Å². The lowest BCUT2D eigenvalue weighted by atomic mass is 10.1. The SMILES string of the molecule is Cc1cc(Cl)ccc1C(O)CCl. The molecule has 0 aliphatic carbocycles. The van der Waals surface area contributed by atoms with E-state index in [0.29, 0.717) is 5.02 Å². The van der Waals surface area contributed by atoms with Crippen LogP contribution in [0.4, 0.5) is 0 Å². The lowest BCUT2D eigenvalue weighted by molar-refractivity contribution is 0.202. The van der Waals surface area contributed by atoms with Crippen LogP contribution in [-0.4, -0.2) is 11.0 Å². The molecule has 1 atom stereocenters. The number of halogens is 2. The van der Waals surface area contributed by atoms with Gasteiger partial charge in [0.25, 0.3) is 0 Å². The molecule has 0 aliphatic rings. The average Bonchev–Trinajstić information content (AvgIpc) is 2.03. The first kappa shape index (κ1) is 9.85. The molecule has 0 fully saturated rings. The van der Waals surface area contributed by atoms with Crippen LogP contribution in [0.15, 0.2) is 18.2 Å². The highest BCUT2D eigenvalue weighted by Crippen LogP contribution is 2.21. The zero-order valence-corrected chi connectivity index (χ0v) is 8.23. The minimum atomic E-state index is -0.594. The van der Waals surface area contributed by atoms with E-state index in [0.717, 1.165) is 11.1 Å². The van der Waals surface area contributed by atoms with Crippen LogP contribution in [0.2, 0.25) is 5.02 Å². The van der Waals surface area contributed by atoms with Crippen LogP contribution < -0.4 is 0 Å². The van der Waals surface area contributed by atoms with E-state index in [-0.39, 0.29) is 5.88 Å². The molecule has 1 N–H and O–H groups in total. The quantitative estimate of drug-likeness (QED) is 0.736. The predicted octanol–water partition coefficient (Wildman–Crippen LogP) is 2.92.